The van der Waals surface area contributed by atoms with E-state index in [1.807, 2.05) is 66.1 Å². The van der Waals surface area contributed by atoms with E-state index in [9.17, 15) is 4.79 Å². The molecule has 0 saturated carbocycles. The zero-order valence-electron chi connectivity index (χ0n) is 19.2. The summed E-state index contributed by atoms with van der Waals surface area (Å²) >= 11 is 7.39. The zero-order valence-corrected chi connectivity index (χ0v) is 20.8. The number of carbonyl (C=O) groups is 1. The Morgan fingerprint density at radius 3 is 2.74 bits per heavy atom. The molecule has 0 fully saturated rings. The van der Waals surface area contributed by atoms with Crippen LogP contribution >= 0.6 is 23.4 Å². The van der Waals surface area contributed by atoms with Crippen LogP contribution in [0.25, 0.3) is 5.69 Å². The SMILES string of the molecule is Cc1cc(Cl)ccc1NCc1nnc(S[C@H](C)C(=O)N/N=C\c2cccnc2)n1-c1ccccc1. The van der Waals surface area contributed by atoms with Crippen molar-refractivity contribution < 1.29 is 4.79 Å². The summed E-state index contributed by atoms with van der Waals surface area (Å²) in [6.07, 6.45) is 4.90. The van der Waals surface area contributed by atoms with Crippen LogP contribution in [-0.4, -0.2) is 37.1 Å². The number of carbonyl (C=O) groups excluding carboxylic acids is 1. The molecule has 4 aromatic rings. The molecule has 35 heavy (non-hydrogen) atoms. The number of hydrogen-bond acceptors (Lipinski definition) is 7. The van der Waals surface area contributed by atoms with Crippen molar-refractivity contribution in [3.05, 3.63) is 95.0 Å². The highest BCUT2D eigenvalue weighted by Gasteiger charge is 2.21. The summed E-state index contributed by atoms with van der Waals surface area (Å²) in [7, 11) is 0. The molecule has 0 radical (unpaired) electrons. The van der Waals surface area contributed by atoms with Crippen LogP contribution < -0.4 is 10.7 Å². The molecule has 0 aliphatic carbocycles. The van der Waals surface area contributed by atoms with Gasteiger partial charge in [-0.25, -0.2) is 5.43 Å². The number of hydrogen-bond donors (Lipinski definition) is 2. The summed E-state index contributed by atoms with van der Waals surface area (Å²) in [5, 5.41) is 17.1. The van der Waals surface area contributed by atoms with Crippen molar-refractivity contribution in [2.45, 2.75) is 30.8 Å². The molecule has 0 bridgehead atoms. The summed E-state index contributed by atoms with van der Waals surface area (Å²) < 4.78 is 1.95. The second kappa shape index (κ2) is 11.6. The molecule has 10 heteroatoms. The van der Waals surface area contributed by atoms with Crippen LogP contribution in [0.2, 0.25) is 5.02 Å². The van der Waals surface area contributed by atoms with Crippen molar-refractivity contribution in [2.75, 3.05) is 5.32 Å². The third-order valence-corrected chi connectivity index (χ3v) is 6.34. The van der Waals surface area contributed by atoms with E-state index in [1.165, 1.54) is 11.8 Å². The Labute approximate surface area is 212 Å². The quantitative estimate of drug-likeness (QED) is 0.191. The number of nitrogens with zero attached hydrogens (tertiary/aromatic N) is 5. The Hall–Kier alpha value is -3.69. The van der Waals surface area contributed by atoms with E-state index in [4.69, 9.17) is 11.6 Å². The molecule has 2 aromatic heterocycles. The maximum Gasteiger partial charge on any atom is 0.253 e. The minimum absolute atomic E-state index is 0.241. The number of amides is 1. The number of para-hydroxylation sites is 1. The Morgan fingerprint density at radius 1 is 1.17 bits per heavy atom. The number of halogens is 1. The number of rotatable bonds is 9. The molecule has 2 heterocycles. The van der Waals surface area contributed by atoms with Crippen LogP contribution in [0.1, 0.15) is 23.9 Å². The highest BCUT2D eigenvalue weighted by molar-refractivity contribution is 8.00. The van der Waals surface area contributed by atoms with Crippen LogP contribution in [0.4, 0.5) is 5.69 Å². The molecule has 0 aliphatic heterocycles. The lowest BCUT2D eigenvalue weighted by Crippen LogP contribution is -2.27. The normalized spacial score (nSPS) is 12.0. The third-order valence-electron chi connectivity index (χ3n) is 5.06. The number of pyridine rings is 1. The van der Waals surface area contributed by atoms with E-state index >= 15 is 0 Å². The molecule has 2 aromatic carbocycles. The standard InChI is InChI=1S/C25H24ClN7OS/c1-17-13-20(26)10-11-22(17)28-16-23-30-32-25(33(23)21-8-4-3-5-9-21)35-18(2)24(34)31-29-15-19-7-6-12-27-14-19/h3-15,18,28H,16H2,1-2H3,(H,31,34)/b29-15-/t18-/m1/s1. The third kappa shape index (κ3) is 6.46. The molecular formula is C25H24ClN7OS. The first-order chi connectivity index (χ1) is 17.0. The van der Waals surface area contributed by atoms with Gasteiger partial charge in [-0.2, -0.15) is 5.10 Å². The monoisotopic (exact) mass is 505 g/mol. The predicted octanol–water partition coefficient (Wildman–Crippen LogP) is 4.87. The first kappa shape index (κ1) is 24.4. The van der Waals surface area contributed by atoms with Gasteiger partial charge in [0.1, 0.15) is 0 Å². The topological polar surface area (TPSA) is 97.1 Å². The molecule has 8 nitrogen and oxygen atoms in total. The fourth-order valence-corrected chi connectivity index (χ4v) is 4.36. The number of aromatic nitrogens is 4. The molecular weight excluding hydrogens is 482 g/mol. The van der Waals surface area contributed by atoms with Gasteiger partial charge in [0.2, 0.25) is 0 Å². The van der Waals surface area contributed by atoms with E-state index in [0.717, 1.165) is 28.3 Å². The van der Waals surface area contributed by atoms with Gasteiger partial charge in [0, 0.05) is 34.4 Å². The minimum atomic E-state index is -0.452. The molecule has 4 rings (SSSR count). The maximum absolute atomic E-state index is 12.6. The van der Waals surface area contributed by atoms with E-state index in [2.05, 4.69) is 31.0 Å². The number of nitrogens with one attached hydrogen (secondary N) is 2. The predicted molar refractivity (Wildman–Crippen MR) is 140 cm³/mol. The van der Waals surface area contributed by atoms with Crippen LogP contribution in [0, 0.1) is 6.92 Å². The Bertz CT molecular complexity index is 1310. The summed E-state index contributed by atoms with van der Waals surface area (Å²) in [6, 6.07) is 19.2. The minimum Gasteiger partial charge on any atom is -0.378 e. The first-order valence-electron chi connectivity index (χ1n) is 10.9. The Balaban J connectivity index is 1.49. The summed E-state index contributed by atoms with van der Waals surface area (Å²) in [5.41, 5.74) is 6.28. The number of benzene rings is 2. The second-order valence-corrected chi connectivity index (χ2v) is 9.41. The molecule has 0 unspecified atom stereocenters. The molecule has 1 amide bonds. The highest BCUT2D eigenvalue weighted by atomic mass is 35.5. The van der Waals surface area contributed by atoms with Gasteiger partial charge in [-0.15, -0.1) is 10.2 Å². The lowest BCUT2D eigenvalue weighted by Gasteiger charge is -2.14. The van der Waals surface area contributed by atoms with Gasteiger partial charge < -0.3 is 5.32 Å². The van der Waals surface area contributed by atoms with Crippen LogP contribution in [0.5, 0.6) is 0 Å². The second-order valence-electron chi connectivity index (χ2n) is 7.66. The Morgan fingerprint density at radius 2 is 2.00 bits per heavy atom. The van der Waals surface area contributed by atoms with Crippen LogP contribution in [0.15, 0.2) is 83.3 Å². The lowest BCUT2D eigenvalue weighted by molar-refractivity contribution is -0.120. The number of aryl methyl sites for hydroxylation is 1. The summed E-state index contributed by atoms with van der Waals surface area (Å²) in [5.74, 6) is 0.476. The first-order valence-corrected chi connectivity index (χ1v) is 12.2. The average Bonchev–Trinajstić information content (AvgIpc) is 3.26. The zero-order chi connectivity index (χ0) is 24.6. The van der Waals surface area contributed by atoms with Crippen molar-refractivity contribution in [1.82, 2.24) is 25.2 Å². The number of hydrazone groups is 1. The highest BCUT2D eigenvalue weighted by Crippen LogP contribution is 2.27. The van der Waals surface area contributed by atoms with Gasteiger partial charge >= 0.3 is 0 Å². The molecule has 0 spiro atoms. The summed E-state index contributed by atoms with van der Waals surface area (Å²) in [6.45, 7) is 4.24. The van der Waals surface area contributed by atoms with Crippen molar-refractivity contribution >= 4 is 41.2 Å². The van der Waals surface area contributed by atoms with Gasteiger partial charge in [-0.05, 0) is 55.8 Å². The van der Waals surface area contributed by atoms with Gasteiger partial charge in [-0.3, -0.25) is 14.3 Å². The van der Waals surface area contributed by atoms with Crippen molar-refractivity contribution in [1.29, 1.82) is 0 Å². The number of anilines is 1. The van der Waals surface area contributed by atoms with Gasteiger partial charge in [0.15, 0.2) is 11.0 Å². The smallest absolute Gasteiger partial charge is 0.253 e. The molecule has 0 aliphatic rings. The average molecular weight is 506 g/mol. The Kier molecular flexibility index (Phi) is 8.12. The van der Waals surface area contributed by atoms with Crippen molar-refractivity contribution in [2.24, 2.45) is 5.10 Å². The van der Waals surface area contributed by atoms with Gasteiger partial charge in [-0.1, -0.05) is 47.6 Å². The maximum atomic E-state index is 12.6. The van der Waals surface area contributed by atoms with Crippen LogP contribution in [-0.2, 0) is 11.3 Å². The fraction of sp³-hybridized carbons (Fsp3) is 0.160. The van der Waals surface area contributed by atoms with Gasteiger partial charge in [0.25, 0.3) is 5.91 Å². The van der Waals surface area contributed by atoms with Crippen LogP contribution in [0.3, 0.4) is 0 Å². The van der Waals surface area contributed by atoms with E-state index in [1.54, 1.807) is 31.6 Å². The molecule has 1 atom stereocenters. The van der Waals surface area contributed by atoms with Crippen molar-refractivity contribution in [3.8, 4) is 5.69 Å². The number of thioether (sulfide) groups is 1. The van der Waals surface area contributed by atoms with Gasteiger partial charge in [0.05, 0.1) is 18.0 Å². The van der Waals surface area contributed by atoms with Crippen molar-refractivity contribution in [3.63, 3.8) is 0 Å². The largest absolute Gasteiger partial charge is 0.378 e. The lowest BCUT2D eigenvalue weighted by atomic mass is 10.2. The molecule has 2 N–H and O–H groups in total. The molecule has 0 saturated heterocycles. The molecule has 178 valence electrons. The van der Waals surface area contributed by atoms with E-state index in [0.29, 0.717) is 16.7 Å². The van der Waals surface area contributed by atoms with E-state index in [-0.39, 0.29) is 5.91 Å². The fourth-order valence-electron chi connectivity index (χ4n) is 3.25. The summed E-state index contributed by atoms with van der Waals surface area (Å²) in [4.78, 5) is 16.6. The van der Waals surface area contributed by atoms with E-state index < -0.39 is 5.25 Å².